The predicted octanol–water partition coefficient (Wildman–Crippen LogP) is 4.03. The van der Waals surface area contributed by atoms with Crippen LogP contribution in [-0.4, -0.2) is 23.1 Å². The zero-order valence-corrected chi connectivity index (χ0v) is 13.1. The number of benzene rings is 1. The second-order valence-corrected chi connectivity index (χ2v) is 5.53. The number of anilines is 2. The zero-order valence-electron chi connectivity index (χ0n) is 13.1. The molecule has 4 heteroatoms. The molecule has 1 aromatic heterocycles. The Morgan fingerprint density at radius 1 is 1.05 bits per heavy atom. The van der Waals surface area contributed by atoms with Crippen LogP contribution in [0.4, 0.5) is 11.8 Å². The van der Waals surface area contributed by atoms with Crippen LogP contribution in [0.2, 0.25) is 0 Å². The molecule has 0 aliphatic heterocycles. The molecule has 0 spiro atoms. The van der Waals surface area contributed by atoms with Crippen LogP contribution in [0.25, 0.3) is 11.3 Å². The lowest BCUT2D eigenvalue weighted by Gasteiger charge is -2.12. The second kappa shape index (κ2) is 7.62. The van der Waals surface area contributed by atoms with Crippen LogP contribution in [0.1, 0.15) is 27.2 Å². The maximum Gasteiger partial charge on any atom is 0.225 e. The molecule has 0 saturated heterocycles. The fourth-order valence-electron chi connectivity index (χ4n) is 1.92. The summed E-state index contributed by atoms with van der Waals surface area (Å²) in [6.45, 7) is 8.26. The van der Waals surface area contributed by atoms with Crippen LogP contribution < -0.4 is 10.6 Å². The highest BCUT2D eigenvalue weighted by atomic mass is 15.1. The number of rotatable bonds is 7. The molecule has 0 fully saturated rings. The highest BCUT2D eigenvalue weighted by molar-refractivity contribution is 5.64. The van der Waals surface area contributed by atoms with Gasteiger partial charge in [-0.2, -0.15) is 4.98 Å². The van der Waals surface area contributed by atoms with Crippen molar-refractivity contribution >= 4 is 11.8 Å². The number of nitrogens with one attached hydrogen (secondary N) is 2. The molecular weight excluding hydrogens is 260 g/mol. The minimum atomic E-state index is 0.557. The van der Waals surface area contributed by atoms with E-state index in [1.165, 1.54) is 0 Å². The lowest BCUT2D eigenvalue weighted by atomic mass is 10.1. The number of hydrogen-bond donors (Lipinski definition) is 2. The number of hydrogen-bond acceptors (Lipinski definition) is 4. The molecule has 2 rings (SSSR count). The lowest BCUT2D eigenvalue weighted by Crippen LogP contribution is -2.12. The summed E-state index contributed by atoms with van der Waals surface area (Å²) >= 11 is 0. The molecule has 1 aromatic carbocycles. The van der Waals surface area contributed by atoms with Crippen LogP contribution >= 0.6 is 0 Å². The van der Waals surface area contributed by atoms with E-state index < -0.39 is 0 Å². The van der Waals surface area contributed by atoms with Gasteiger partial charge in [-0.05, 0) is 12.3 Å². The molecule has 2 N–H and O–H groups in total. The first-order chi connectivity index (χ1) is 10.2. The van der Waals surface area contributed by atoms with Crippen molar-refractivity contribution in [1.29, 1.82) is 0 Å². The van der Waals surface area contributed by atoms with Crippen molar-refractivity contribution in [2.75, 3.05) is 23.7 Å². The van der Waals surface area contributed by atoms with E-state index in [0.29, 0.717) is 11.9 Å². The van der Waals surface area contributed by atoms with E-state index >= 15 is 0 Å². The van der Waals surface area contributed by atoms with Gasteiger partial charge in [0.25, 0.3) is 0 Å². The zero-order chi connectivity index (χ0) is 15.1. The molecule has 0 aliphatic carbocycles. The second-order valence-electron chi connectivity index (χ2n) is 5.53. The van der Waals surface area contributed by atoms with Crippen molar-refractivity contribution < 1.29 is 0 Å². The number of nitrogens with zero attached hydrogens (tertiary/aromatic N) is 2. The van der Waals surface area contributed by atoms with Crippen molar-refractivity contribution in [3.8, 4) is 11.3 Å². The van der Waals surface area contributed by atoms with Crippen molar-refractivity contribution in [2.24, 2.45) is 5.92 Å². The average Bonchev–Trinajstić information content (AvgIpc) is 2.51. The topological polar surface area (TPSA) is 49.8 Å². The van der Waals surface area contributed by atoms with Gasteiger partial charge >= 0.3 is 0 Å². The SMILES string of the molecule is CCCNc1cc(-c2ccccc2)nc(NCC(C)C)n1. The summed E-state index contributed by atoms with van der Waals surface area (Å²) in [5.74, 6) is 2.11. The summed E-state index contributed by atoms with van der Waals surface area (Å²) in [5, 5.41) is 6.65. The average molecular weight is 284 g/mol. The van der Waals surface area contributed by atoms with Crippen molar-refractivity contribution in [1.82, 2.24) is 9.97 Å². The van der Waals surface area contributed by atoms with Gasteiger partial charge in [0.05, 0.1) is 5.69 Å². The summed E-state index contributed by atoms with van der Waals surface area (Å²) in [7, 11) is 0. The van der Waals surface area contributed by atoms with Crippen LogP contribution in [0.3, 0.4) is 0 Å². The summed E-state index contributed by atoms with van der Waals surface area (Å²) in [6, 6.07) is 12.2. The molecule has 4 nitrogen and oxygen atoms in total. The Morgan fingerprint density at radius 2 is 1.81 bits per heavy atom. The maximum absolute atomic E-state index is 4.62. The minimum absolute atomic E-state index is 0.557. The van der Waals surface area contributed by atoms with E-state index in [1.54, 1.807) is 0 Å². The van der Waals surface area contributed by atoms with Gasteiger partial charge in [-0.25, -0.2) is 4.98 Å². The molecular formula is C17H24N4. The first kappa shape index (κ1) is 15.3. The summed E-state index contributed by atoms with van der Waals surface area (Å²) in [5.41, 5.74) is 2.04. The molecule has 0 aliphatic rings. The van der Waals surface area contributed by atoms with Gasteiger partial charge in [0.1, 0.15) is 5.82 Å². The first-order valence-electron chi connectivity index (χ1n) is 7.61. The van der Waals surface area contributed by atoms with Gasteiger partial charge in [-0.1, -0.05) is 51.1 Å². The normalized spacial score (nSPS) is 10.7. The van der Waals surface area contributed by atoms with Gasteiger partial charge in [-0.3, -0.25) is 0 Å². The van der Waals surface area contributed by atoms with Crippen LogP contribution in [0.15, 0.2) is 36.4 Å². The Morgan fingerprint density at radius 3 is 2.48 bits per heavy atom. The van der Waals surface area contributed by atoms with E-state index in [0.717, 1.165) is 36.6 Å². The maximum atomic E-state index is 4.62. The molecule has 112 valence electrons. The molecule has 21 heavy (non-hydrogen) atoms. The van der Waals surface area contributed by atoms with Crippen LogP contribution in [0.5, 0.6) is 0 Å². The molecule has 1 heterocycles. The van der Waals surface area contributed by atoms with Crippen molar-refractivity contribution in [3.05, 3.63) is 36.4 Å². The van der Waals surface area contributed by atoms with Gasteiger partial charge in [0.2, 0.25) is 5.95 Å². The Hall–Kier alpha value is -2.10. The first-order valence-corrected chi connectivity index (χ1v) is 7.61. The monoisotopic (exact) mass is 284 g/mol. The summed E-state index contributed by atoms with van der Waals surface area (Å²) in [6.07, 6.45) is 1.07. The van der Waals surface area contributed by atoms with E-state index in [2.05, 4.69) is 53.5 Å². The smallest absolute Gasteiger partial charge is 0.225 e. The summed E-state index contributed by atoms with van der Waals surface area (Å²) < 4.78 is 0. The standard InChI is InChI=1S/C17H24N4/c1-4-10-18-16-11-15(14-8-6-5-7-9-14)20-17(21-16)19-12-13(2)3/h5-9,11,13H,4,10,12H2,1-3H3,(H2,18,19,20,21). The predicted molar refractivity (Wildman–Crippen MR) is 89.6 cm³/mol. The molecule has 0 saturated carbocycles. The quantitative estimate of drug-likeness (QED) is 0.806. The Labute approximate surface area is 127 Å². The highest BCUT2D eigenvalue weighted by Crippen LogP contribution is 2.21. The molecule has 0 unspecified atom stereocenters. The van der Waals surface area contributed by atoms with Crippen molar-refractivity contribution in [3.63, 3.8) is 0 Å². The molecule has 0 atom stereocenters. The Kier molecular flexibility index (Phi) is 5.55. The molecule has 0 radical (unpaired) electrons. The molecule has 0 amide bonds. The molecule has 0 bridgehead atoms. The van der Waals surface area contributed by atoms with E-state index in [-0.39, 0.29) is 0 Å². The fraction of sp³-hybridized carbons (Fsp3) is 0.412. The third-order valence-corrected chi connectivity index (χ3v) is 3.02. The lowest BCUT2D eigenvalue weighted by molar-refractivity contribution is 0.684. The Balaban J connectivity index is 2.28. The largest absolute Gasteiger partial charge is 0.370 e. The van der Waals surface area contributed by atoms with E-state index in [4.69, 9.17) is 0 Å². The van der Waals surface area contributed by atoms with Crippen molar-refractivity contribution in [2.45, 2.75) is 27.2 Å². The Bertz CT molecular complexity index is 552. The fourth-order valence-corrected chi connectivity index (χ4v) is 1.92. The molecule has 2 aromatic rings. The third-order valence-electron chi connectivity index (χ3n) is 3.02. The number of aromatic nitrogens is 2. The van der Waals surface area contributed by atoms with Gasteiger partial charge in [0.15, 0.2) is 0 Å². The van der Waals surface area contributed by atoms with Crippen LogP contribution in [-0.2, 0) is 0 Å². The van der Waals surface area contributed by atoms with Crippen LogP contribution in [0, 0.1) is 5.92 Å². The third kappa shape index (κ3) is 4.74. The van der Waals surface area contributed by atoms with E-state index in [9.17, 15) is 0 Å². The minimum Gasteiger partial charge on any atom is -0.370 e. The van der Waals surface area contributed by atoms with Gasteiger partial charge in [-0.15, -0.1) is 0 Å². The summed E-state index contributed by atoms with van der Waals surface area (Å²) in [4.78, 5) is 9.16. The highest BCUT2D eigenvalue weighted by Gasteiger charge is 2.06. The van der Waals surface area contributed by atoms with Gasteiger partial charge in [0, 0.05) is 24.7 Å². The van der Waals surface area contributed by atoms with E-state index in [1.807, 2.05) is 24.3 Å². The van der Waals surface area contributed by atoms with Gasteiger partial charge < -0.3 is 10.6 Å².